The Morgan fingerprint density at radius 2 is 1.59 bits per heavy atom. The minimum Gasteiger partial charge on any atom is -0.480 e. The van der Waals surface area contributed by atoms with Crippen LogP contribution in [0.3, 0.4) is 0 Å². The average Bonchev–Trinajstić information content (AvgIpc) is 3.03. The van der Waals surface area contributed by atoms with Crippen molar-refractivity contribution in [3.63, 3.8) is 0 Å². The van der Waals surface area contributed by atoms with E-state index in [0.29, 0.717) is 31.2 Å². The molecule has 0 saturated heterocycles. The summed E-state index contributed by atoms with van der Waals surface area (Å²) < 4.78 is 6.17. The number of fused-ring (bicyclic) bond motifs is 7. The van der Waals surface area contributed by atoms with E-state index in [9.17, 15) is 24.3 Å². The normalized spacial score (nSPS) is 38.5. The molecule has 0 aliphatic heterocycles. The van der Waals surface area contributed by atoms with Crippen LogP contribution in [0.25, 0.3) is 0 Å². The van der Waals surface area contributed by atoms with Gasteiger partial charge in [-0.05, 0) is 122 Å². The van der Waals surface area contributed by atoms with Crippen LogP contribution >= 0.6 is 0 Å². The molecule has 9 atom stereocenters. The summed E-state index contributed by atoms with van der Waals surface area (Å²) in [5, 5.41) is 15.4. The maximum atomic E-state index is 14.4. The molecule has 0 aromatic rings. The van der Waals surface area contributed by atoms with E-state index in [0.717, 1.165) is 70.6 Å². The predicted molar refractivity (Wildman–Crippen MR) is 200 cm³/mol. The molecule has 4 fully saturated rings. The van der Waals surface area contributed by atoms with Crippen molar-refractivity contribution >= 4 is 23.8 Å². The van der Waals surface area contributed by atoms with E-state index in [1.54, 1.807) is 13.8 Å². The third-order valence-corrected chi connectivity index (χ3v) is 15.9. The van der Waals surface area contributed by atoms with E-state index in [1.165, 1.54) is 5.57 Å². The molecule has 0 bridgehead atoms. The molecule has 3 N–H and O–H groups in total. The summed E-state index contributed by atoms with van der Waals surface area (Å²) in [4.78, 5) is 51.2. The van der Waals surface area contributed by atoms with Crippen LogP contribution in [0.5, 0.6) is 0 Å². The fourth-order valence-corrected chi connectivity index (χ4v) is 12.6. The zero-order chi connectivity index (χ0) is 37.8. The summed E-state index contributed by atoms with van der Waals surface area (Å²) in [6.07, 6.45) is 14.7. The Morgan fingerprint density at radius 1 is 0.902 bits per heavy atom. The highest BCUT2D eigenvalue weighted by Gasteiger charge is 2.69. The van der Waals surface area contributed by atoms with Crippen LogP contribution in [0.4, 0.5) is 0 Å². The number of carbonyl (C=O) groups is 4. The molecule has 0 radical (unpaired) electrons. The lowest BCUT2D eigenvalue weighted by Crippen LogP contribution is -2.65. The second-order valence-corrected chi connectivity index (χ2v) is 19.9. The number of esters is 1. The van der Waals surface area contributed by atoms with Crippen molar-refractivity contribution in [3.05, 3.63) is 11.6 Å². The third kappa shape index (κ3) is 6.81. The highest BCUT2D eigenvalue weighted by atomic mass is 16.5. The number of nitrogens with one attached hydrogen (secondary N) is 2. The molecule has 0 aromatic carbocycles. The van der Waals surface area contributed by atoms with Crippen LogP contribution in [0.1, 0.15) is 159 Å². The Balaban J connectivity index is 1.35. The molecule has 5 aliphatic carbocycles. The minimum atomic E-state index is -1.03. The Morgan fingerprint density at radius 3 is 2.24 bits per heavy atom. The van der Waals surface area contributed by atoms with Gasteiger partial charge < -0.3 is 20.5 Å². The van der Waals surface area contributed by atoms with Crippen molar-refractivity contribution < 1.29 is 29.0 Å². The summed E-state index contributed by atoms with van der Waals surface area (Å²) in [6, 6.07) is -0.909. The second kappa shape index (κ2) is 14.1. The Bertz CT molecular complexity index is 1400. The van der Waals surface area contributed by atoms with Gasteiger partial charge in [0, 0.05) is 24.8 Å². The first-order chi connectivity index (χ1) is 23.7. The van der Waals surface area contributed by atoms with Crippen LogP contribution < -0.4 is 10.6 Å². The molecule has 5 aliphatic rings. The first-order valence-electron chi connectivity index (χ1n) is 20.4. The van der Waals surface area contributed by atoms with E-state index in [-0.39, 0.29) is 69.2 Å². The van der Waals surface area contributed by atoms with Gasteiger partial charge in [0.05, 0.1) is 5.41 Å². The first-order valence-corrected chi connectivity index (χ1v) is 20.4. The number of amides is 2. The number of carbonyl (C=O) groups excluding carboxylic acids is 3. The molecular formula is C43H70N2O6. The minimum absolute atomic E-state index is 0.00946. The second-order valence-electron chi connectivity index (χ2n) is 19.9. The lowest BCUT2D eigenvalue weighted by Gasteiger charge is -2.71. The molecule has 51 heavy (non-hydrogen) atoms. The molecule has 288 valence electrons. The summed E-state index contributed by atoms with van der Waals surface area (Å²) >= 11 is 0. The summed E-state index contributed by atoms with van der Waals surface area (Å²) in [6.45, 7) is 23.1. The number of hydrogen-bond donors (Lipinski definition) is 3. The van der Waals surface area contributed by atoms with Crippen LogP contribution in [-0.2, 0) is 23.9 Å². The summed E-state index contributed by atoms with van der Waals surface area (Å²) in [7, 11) is 0. The van der Waals surface area contributed by atoms with Crippen molar-refractivity contribution in [1.29, 1.82) is 0 Å². The maximum Gasteiger partial charge on any atom is 0.326 e. The van der Waals surface area contributed by atoms with Crippen molar-refractivity contribution in [2.24, 2.45) is 56.2 Å². The predicted octanol–water partition coefficient (Wildman–Crippen LogP) is 8.62. The number of rotatable bonds is 11. The monoisotopic (exact) mass is 711 g/mol. The van der Waals surface area contributed by atoms with E-state index >= 15 is 0 Å². The van der Waals surface area contributed by atoms with E-state index < -0.39 is 17.4 Å². The smallest absolute Gasteiger partial charge is 0.326 e. The van der Waals surface area contributed by atoms with Crippen LogP contribution in [0.15, 0.2) is 11.6 Å². The molecule has 5 rings (SSSR count). The molecule has 2 amide bonds. The molecular weight excluding hydrogens is 640 g/mol. The topological polar surface area (TPSA) is 122 Å². The van der Waals surface area contributed by atoms with Gasteiger partial charge in [0.25, 0.3) is 0 Å². The Hall–Kier alpha value is -2.38. The lowest BCUT2D eigenvalue weighted by atomic mass is 9.33. The number of hydrogen-bond acceptors (Lipinski definition) is 5. The maximum absolute atomic E-state index is 14.4. The van der Waals surface area contributed by atoms with Crippen molar-refractivity contribution in [1.82, 2.24) is 10.6 Å². The molecule has 0 heterocycles. The molecule has 8 nitrogen and oxygen atoms in total. The molecule has 4 saturated carbocycles. The van der Waals surface area contributed by atoms with Gasteiger partial charge in [0.1, 0.15) is 12.1 Å². The number of allylic oxidation sites excluding steroid dienone is 2. The number of aliphatic carboxylic acids is 1. The Labute approximate surface area is 308 Å². The zero-order valence-electron chi connectivity index (χ0n) is 33.6. The molecule has 0 spiro atoms. The van der Waals surface area contributed by atoms with Gasteiger partial charge in [-0.25, -0.2) is 4.79 Å². The molecule has 8 heteroatoms. The van der Waals surface area contributed by atoms with Gasteiger partial charge in [-0.1, -0.05) is 80.9 Å². The van der Waals surface area contributed by atoms with Gasteiger partial charge in [0.15, 0.2) is 0 Å². The number of carboxylic acid groups (broad SMARTS) is 1. The first kappa shape index (κ1) is 39.8. The van der Waals surface area contributed by atoms with Crippen LogP contribution in [-0.4, -0.2) is 47.6 Å². The zero-order valence-corrected chi connectivity index (χ0v) is 33.6. The van der Waals surface area contributed by atoms with Crippen molar-refractivity contribution in [2.45, 2.75) is 171 Å². The average molecular weight is 711 g/mol. The fraction of sp³-hybridized carbons (Fsp3) is 0.860. The van der Waals surface area contributed by atoms with Crippen LogP contribution in [0.2, 0.25) is 0 Å². The van der Waals surface area contributed by atoms with Gasteiger partial charge in [-0.2, -0.15) is 0 Å². The van der Waals surface area contributed by atoms with Gasteiger partial charge in [-0.3, -0.25) is 14.4 Å². The lowest BCUT2D eigenvalue weighted by molar-refractivity contribution is -0.213. The van der Waals surface area contributed by atoms with Crippen molar-refractivity contribution in [3.8, 4) is 0 Å². The van der Waals surface area contributed by atoms with Crippen LogP contribution in [0, 0.1) is 56.2 Å². The SMILES string of the molecule is CCCC(=O)O[C@H]1CC[C@]2(C)[C@H]3CC=C4[C@@H]5CC(C)(C)CC[C@]5(C(=O)NCCCC(=O)N[C@H](C(=O)O)C(C)C)CC[C@@]4(C)[C@]3(C)CC[C@H]2C1(C)C. The van der Waals surface area contributed by atoms with Crippen molar-refractivity contribution in [2.75, 3.05) is 6.54 Å². The Kier molecular flexibility index (Phi) is 11.0. The van der Waals surface area contributed by atoms with E-state index in [1.807, 2.05) is 6.92 Å². The molecule has 0 unspecified atom stereocenters. The fourth-order valence-electron chi connectivity index (χ4n) is 12.6. The number of carboxylic acids is 1. The highest BCUT2D eigenvalue weighted by molar-refractivity contribution is 5.85. The standard InChI is InChI=1S/C43H70N2O6/c1-11-13-34(47)51-32-18-19-40(8)30(39(32,6)7)17-20-42(10)31(40)16-15-28-29-26-38(4,5)21-23-43(29,24-22-41(28,42)9)37(50)44-25-12-14-33(46)45-35(27(2)3)36(48)49/h15,27,29-32,35H,11-14,16-26H2,1-10H3,(H,44,50)(H,45,46)(H,48,49)/t29-,30-,31+,32-,35-,40-,41+,42+,43-/m0/s1. The number of ether oxygens (including phenoxy) is 1. The van der Waals surface area contributed by atoms with E-state index in [2.05, 4.69) is 65.2 Å². The molecule has 0 aromatic heterocycles. The highest BCUT2D eigenvalue weighted by Crippen LogP contribution is 2.75. The quantitative estimate of drug-likeness (QED) is 0.112. The largest absolute Gasteiger partial charge is 0.480 e. The summed E-state index contributed by atoms with van der Waals surface area (Å²) in [5.41, 5.74) is 1.44. The van der Waals surface area contributed by atoms with Gasteiger partial charge >= 0.3 is 11.9 Å². The van der Waals surface area contributed by atoms with Gasteiger partial charge in [0.2, 0.25) is 11.8 Å². The van der Waals surface area contributed by atoms with Gasteiger partial charge in [-0.15, -0.1) is 0 Å². The summed E-state index contributed by atoms with van der Waals surface area (Å²) in [5.74, 6) is -0.225. The van der Waals surface area contributed by atoms with E-state index in [4.69, 9.17) is 4.74 Å². The third-order valence-electron chi connectivity index (χ3n) is 15.9.